The highest BCUT2D eigenvalue weighted by Gasteiger charge is 2.13. The Kier molecular flexibility index (Phi) is 4.40. The lowest BCUT2D eigenvalue weighted by molar-refractivity contribution is 0.102. The minimum Gasteiger partial charge on any atom is -0.319 e. The Morgan fingerprint density at radius 3 is 2.87 bits per heavy atom. The van der Waals surface area contributed by atoms with Gasteiger partial charge in [0.25, 0.3) is 5.91 Å². The summed E-state index contributed by atoms with van der Waals surface area (Å²) in [7, 11) is 0. The topological polar surface area (TPSA) is 59.8 Å². The van der Waals surface area contributed by atoms with Crippen molar-refractivity contribution in [3.8, 4) is 5.82 Å². The monoisotopic (exact) mass is 394 g/mol. The van der Waals surface area contributed by atoms with Crippen molar-refractivity contribution in [1.82, 2.24) is 14.8 Å². The molecule has 0 fully saturated rings. The number of nitrogens with one attached hydrogen (secondary N) is 1. The first kappa shape index (κ1) is 15.6. The van der Waals surface area contributed by atoms with Crippen molar-refractivity contribution < 1.29 is 9.18 Å². The lowest BCUT2D eigenvalue weighted by atomic mass is 10.2. The molecule has 1 amide bonds. The van der Waals surface area contributed by atoms with Gasteiger partial charge in [0.1, 0.15) is 11.5 Å². The number of carbonyl (C=O) groups excluding carboxylic acids is 1. The summed E-state index contributed by atoms with van der Waals surface area (Å²) in [5, 5.41) is 6.77. The summed E-state index contributed by atoms with van der Waals surface area (Å²) in [6.45, 7) is 0. The molecule has 1 aromatic carbocycles. The van der Waals surface area contributed by atoms with Gasteiger partial charge < -0.3 is 5.32 Å². The predicted octanol–water partition coefficient (Wildman–Crippen LogP) is 4.07. The maximum absolute atomic E-state index is 13.4. The molecule has 0 spiro atoms. The largest absolute Gasteiger partial charge is 0.319 e. The molecule has 2 heterocycles. The van der Waals surface area contributed by atoms with E-state index in [-0.39, 0.29) is 20.9 Å². The Bertz CT molecular complexity index is 870. The van der Waals surface area contributed by atoms with Gasteiger partial charge in [-0.05, 0) is 46.3 Å². The third kappa shape index (κ3) is 3.40. The van der Waals surface area contributed by atoms with Crippen LogP contribution in [0.25, 0.3) is 5.82 Å². The Morgan fingerprint density at radius 1 is 1.30 bits per heavy atom. The molecular formula is C15H9BrClFN4O. The first-order chi connectivity index (χ1) is 11.0. The fraction of sp³-hybridized carbons (Fsp3) is 0. The number of amides is 1. The second-order valence-electron chi connectivity index (χ2n) is 4.53. The summed E-state index contributed by atoms with van der Waals surface area (Å²) >= 11 is 8.99. The van der Waals surface area contributed by atoms with E-state index in [0.717, 1.165) is 6.07 Å². The molecule has 0 aliphatic carbocycles. The highest BCUT2D eigenvalue weighted by Crippen LogP contribution is 2.28. The molecular weight excluding hydrogens is 387 g/mol. The molecule has 3 rings (SSSR count). The smallest absolute Gasteiger partial charge is 0.274 e. The van der Waals surface area contributed by atoms with Crippen molar-refractivity contribution >= 4 is 39.1 Å². The van der Waals surface area contributed by atoms with E-state index in [1.807, 2.05) is 0 Å². The molecule has 8 heteroatoms. The number of benzene rings is 1. The molecule has 1 N–H and O–H groups in total. The van der Waals surface area contributed by atoms with Gasteiger partial charge in [-0.1, -0.05) is 17.7 Å². The predicted molar refractivity (Wildman–Crippen MR) is 88.4 cm³/mol. The number of hydrogen-bond acceptors (Lipinski definition) is 3. The Balaban J connectivity index is 1.87. The molecule has 2 aromatic heterocycles. The molecule has 0 unspecified atom stereocenters. The summed E-state index contributed by atoms with van der Waals surface area (Å²) in [6.07, 6.45) is 3.34. The molecule has 3 aromatic rings. The van der Waals surface area contributed by atoms with E-state index in [2.05, 4.69) is 31.3 Å². The molecule has 0 atom stereocenters. The third-order valence-electron chi connectivity index (χ3n) is 2.96. The highest BCUT2D eigenvalue weighted by molar-refractivity contribution is 9.10. The number of pyridine rings is 1. The number of anilines is 1. The van der Waals surface area contributed by atoms with Crippen LogP contribution in [0.4, 0.5) is 10.1 Å². The first-order valence-corrected chi connectivity index (χ1v) is 7.64. The van der Waals surface area contributed by atoms with Gasteiger partial charge in [0.2, 0.25) is 0 Å². The van der Waals surface area contributed by atoms with Crippen LogP contribution in [0.2, 0.25) is 5.02 Å². The zero-order chi connectivity index (χ0) is 16.4. The van der Waals surface area contributed by atoms with Crippen LogP contribution in [-0.2, 0) is 0 Å². The van der Waals surface area contributed by atoms with Crippen LogP contribution in [0.5, 0.6) is 0 Å². The van der Waals surface area contributed by atoms with Crippen LogP contribution in [-0.4, -0.2) is 20.7 Å². The molecule has 116 valence electrons. The molecule has 0 bridgehead atoms. The van der Waals surface area contributed by atoms with Crippen molar-refractivity contribution in [3.63, 3.8) is 0 Å². The lowest BCUT2D eigenvalue weighted by Crippen LogP contribution is -2.15. The van der Waals surface area contributed by atoms with E-state index in [0.29, 0.717) is 5.82 Å². The zero-order valence-electron chi connectivity index (χ0n) is 11.5. The first-order valence-electron chi connectivity index (χ1n) is 6.47. The lowest BCUT2D eigenvalue weighted by Gasteiger charge is -2.09. The van der Waals surface area contributed by atoms with E-state index in [4.69, 9.17) is 11.6 Å². The number of aromatic nitrogens is 3. The Morgan fingerprint density at radius 2 is 2.13 bits per heavy atom. The van der Waals surface area contributed by atoms with Crippen LogP contribution >= 0.6 is 27.5 Å². The van der Waals surface area contributed by atoms with Gasteiger partial charge in [0, 0.05) is 12.4 Å². The van der Waals surface area contributed by atoms with Crippen LogP contribution in [0.15, 0.2) is 53.3 Å². The summed E-state index contributed by atoms with van der Waals surface area (Å²) in [5.74, 6) is -0.458. The van der Waals surface area contributed by atoms with E-state index >= 15 is 0 Å². The maximum atomic E-state index is 13.4. The van der Waals surface area contributed by atoms with Crippen molar-refractivity contribution in [1.29, 1.82) is 0 Å². The Labute approximate surface area is 144 Å². The molecule has 0 aliphatic rings. The number of hydrogen-bond donors (Lipinski definition) is 1. The summed E-state index contributed by atoms with van der Waals surface area (Å²) in [5.41, 5.74) is 0.478. The van der Waals surface area contributed by atoms with Crippen LogP contribution < -0.4 is 5.32 Å². The van der Waals surface area contributed by atoms with Gasteiger partial charge in [-0.25, -0.2) is 14.1 Å². The standard InChI is InChI=1S/C15H9BrClFN4O/c16-9-7-13(10(17)8-11(9)18)21-15(23)12-3-1-4-14(20-12)22-6-2-5-19-22/h1-8H,(H,21,23). The normalized spacial score (nSPS) is 10.6. The average Bonchev–Trinajstić information content (AvgIpc) is 3.07. The number of nitrogens with zero attached hydrogens (tertiary/aromatic N) is 3. The van der Waals surface area contributed by atoms with Gasteiger partial charge >= 0.3 is 0 Å². The second-order valence-corrected chi connectivity index (χ2v) is 5.79. The van der Waals surface area contributed by atoms with Crippen LogP contribution in [0, 0.1) is 5.82 Å². The SMILES string of the molecule is O=C(Nc1cc(Br)c(F)cc1Cl)c1cccc(-n2cccn2)n1. The molecule has 0 saturated heterocycles. The second kappa shape index (κ2) is 6.47. The van der Waals surface area contributed by atoms with Gasteiger partial charge in [-0.2, -0.15) is 5.10 Å². The minimum atomic E-state index is -0.508. The van der Waals surface area contributed by atoms with E-state index in [9.17, 15) is 9.18 Å². The van der Waals surface area contributed by atoms with E-state index < -0.39 is 11.7 Å². The molecule has 0 saturated carbocycles. The third-order valence-corrected chi connectivity index (χ3v) is 3.88. The van der Waals surface area contributed by atoms with Gasteiger partial charge in [0.05, 0.1) is 15.2 Å². The van der Waals surface area contributed by atoms with Gasteiger partial charge in [0.15, 0.2) is 5.82 Å². The van der Waals surface area contributed by atoms with Gasteiger partial charge in [-0.15, -0.1) is 0 Å². The van der Waals surface area contributed by atoms with Crippen LogP contribution in [0.1, 0.15) is 10.5 Å². The number of carbonyl (C=O) groups is 1. The molecule has 5 nitrogen and oxygen atoms in total. The van der Waals surface area contributed by atoms with Crippen molar-refractivity contribution in [2.45, 2.75) is 0 Å². The van der Waals surface area contributed by atoms with Crippen molar-refractivity contribution in [2.75, 3.05) is 5.32 Å². The van der Waals surface area contributed by atoms with Crippen LogP contribution in [0.3, 0.4) is 0 Å². The summed E-state index contributed by atoms with van der Waals surface area (Å²) in [6, 6.07) is 9.26. The number of rotatable bonds is 3. The van der Waals surface area contributed by atoms with E-state index in [1.54, 1.807) is 36.7 Å². The zero-order valence-corrected chi connectivity index (χ0v) is 13.8. The fourth-order valence-corrected chi connectivity index (χ4v) is 2.43. The van der Waals surface area contributed by atoms with Crippen molar-refractivity contribution in [2.24, 2.45) is 0 Å². The molecule has 0 radical (unpaired) electrons. The highest BCUT2D eigenvalue weighted by atomic mass is 79.9. The summed E-state index contributed by atoms with van der Waals surface area (Å²) in [4.78, 5) is 16.6. The fourth-order valence-electron chi connectivity index (χ4n) is 1.89. The minimum absolute atomic E-state index is 0.0993. The number of halogens is 3. The maximum Gasteiger partial charge on any atom is 0.274 e. The summed E-state index contributed by atoms with van der Waals surface area (Å²) < 4.78 is 15.1. The van der Waals surface area contributed by atoms with Gasteiger partial charge in [-0.3, -0.25) is 4.79 Å². The molecule has 0 aliphatic heterocycles. The quantitative estimate of drug-likeness (QED) is 0.680. The molecule has 23 heavy (non-hydrogen) atoms. The van der Waals surface area contributed by atoms with Crippen molar-refractivity contribution in [3.05, 3.63) is 69.8 Å². The Hall–Kier alpha value is -2.25. The van der Waals surface area contributed by atoms with E-state index in [1.165, 1.54) is 10.7 Å². The average molecular weight is 396 g/mol.